The molecule has 1 spiro atoms. The van der Waals surface area contributed by atoms with Crippen LogP contribution < -0.4 is 9.64 Å². The second kappa shape index (κ2) is 15.5. The fourth-order valence-electron chi connectivity index (χ4n) is 6.88. The molecule has 0 bridgehead atoms. The first-order valence-electron chi connectivity index (χ1n) is 15.1. The van der Waals surface area contributed by atoms with Gasteiger partial charge >= 0.3 is 5.97 Å². The summed E-state index contributed by atoms with van der Waals surface area (Å²) in [5.41, 5.74) is 2.88. The summed E-state index contributed by atoms with van der Waals surface area (Å²) < 4.78 is 6.21. The number of carboxylic acid groups (broad SMARTS) is 1. The van der Waals surface area contributed by atoms with Crippen molar-refractivity contribution >= 4 is 59.9 Å². The van der Waals surface area contributed by atoms with Crippen LogP contribution in [0.3, 0.4) is 0 Å². The Labute approximate surface area is 287 Å². The highest BCUT2D eigenvalue weighted by molar-refractivity contribution is 6.35. The van der Waals surface area contributed by atoms with E-state index in [1.807, 2.05) is 24.3 Å². The van der Waals surface area contributed by atoms with Crippen molar-refractivity contribution in [1.82, 2.24) is 24.8 Å². The first-order chi connectivity index (χ1) is 20.7. The molecule has 6 rings (SSSR count). The van der Waals surface area contributed by atoms with Crippen LogP contribution in [0, 0.1) is 5.92 Å². The molecule has 9 nitrogen and oxygen atoms in total. The van der Waals surface area contributed by atoms with Gasteiger partial charge in [0.1, 0.15) is 0 Å². The minimum absolute atomic E-state index is 0. The minimum atomic E-state index is -0.725. The van der Waals surface area contributed by atoms with E-state index in [4.69, 9.17) is 38.0 Å². The number of hydrogen-bond acceptors (Lipinski definition) is 8. The number of hydrogen-bond donors (Lipinski definition) is 1. The van der Waals surface area contributed by atoms with Crippen LogP contribution in [-0.2, 0) is 11.3 Å². The Morgan fingerprint density at radius 2 is 1.62 bits per heavy atom. The molecule has 1 aromatic carbocycles. The van der Waals surface area contributed by atoms with Crippen LogP contribution in [-0.4, -0.2) is 81.1 Å². The van der Waals surface area contributed by atoms with E-state index in [-0.39, 0.29) is 37.2 Å². The lowest BCUT2D eigenvalue weighted by Gasteiger charge is -2.43. The molecule has 0 unspecified atom stereocenters. The average Bonchev–Trinajstić information content (AvgIpc) is 3.33. The molecular weight excluding hydrogens is 658 g/mol. The van der Waals surface area contributed by atoms with E-state index in [0.29, 0.717) is 39.5 Å². The highest BCUT2D eigenvalue weighted by Gasteiger charge is 2.41. The molecule has 3 fully saturated rings. The van der Waals surface area contributed by atoms with E-state index >= 15 is 0 Å². The maximum absolute atomic E-state index is 11.1. The van der Waals surface area contributed by atoms with Gasteiger partial charge in [0.2, 0.25) is 11.8 Å². The van der Waals surface area contributed by atoms with Crippen molar-refractivity contribution in [1.29, 1.82) is 0 Å². The Bertz CT molecular complexity index is 1430. The topological polar surface area (TPSA) is 94.9 Å². The zero-order valence-corrected chi connectivity index (χ0v) is 28.5. The number of anilines is 1. The molecule has 0 radical (unpaired) electrons. The van der Waals surface area contributed by atoms with Crippen LogP contribution in [0.25, 0.3) is 11.3 Å². The number of carbonyl (C=O) groups is 1. The van der Waals surface area contributed by atoms with Gasteiger partial charge in [0.15, 0.2) is 5.75 Å². The van der Waals surface area contributed by atoms with Crippen molar-refractivity contribution < 1.29 is 14.6 Å². The lowest BCUT2D eigenvalue weighted by molar-refractivity contribution is -0.138. The Balaban J connectivity index is 0.00000230. The molecule has 45 heavy (non-hydrogen) atoms. The zero-order chi connectivity index (χ0) is 30.0. The lowest BCUT2D eigenvalue weighted by atomic mass is 9.85. The molecule has 1 N–H and O–H groups in total. The molecule has 0 atom stereocenters. The van der Waals surface area contributed by atoms with E-state index in [0.717, 1.165) is 68.9 Å². The Morgan fingerprint density at radius 1 is 0.956 bits per heavy atom. The van der Waals surface area contributed by atoms with Crippen molar-refractivity contribution in [2.45, 2.75) is 57.0 Å². The maximum atomic E-state index is 11.1. The lowest BCUT2D eigenvalue weighted by Crippen LogP contribution is -2.51. The summed E-state index contributed by atoms with van der Waals surface area (Å²) in [5.74, 6) is 1.18. The Morgan fingerprint density at radius 3 is 2.22 bits per heavy atom. The van der Waals surface area contributed by atoms with E-state index in [1.165, 1.54) is 19.4 Å². The normalized spacial score (nSPS) is 18.8. The van der Waals surface area contributed by atoms with Crippen LogP contribution in [0.1, 0.15) is 50.5 Å². The molecule has 5 heterocycles. The van der Waals surface area contributed by atoms with Gasteiger partial charge in [-0.25, -0.2) is 15.0 Å². The third kappa shape index (κ3) is 8.70. The monoisotopic (exact) mass is 696 g/mol. The summed E-state index contributed by atoms with van der Waals surface area (Å²) in [7, 11) is 2.25. The molecule has 3 aromatic rings. The number of rotatable bonds is 8. The van der Waals surface area contributed by atoms with Crippen molar-refractivity contribution in [3.05, 3.63) is 58.3 Å². The molecule has 0 saturated carbocycles. The first kappa shape index (κ1) is 35.5. The van der Waals surface area contributed by atoms with Gasteiger partial charge < -0.3 is 19.6 Å². The summed E-state index contributed by atoms with van der Waals surface area (Å²) in [6.45, 7) is 5.48. The molecule has 13 heteroatoms. The molecule has 244 valence electrons. The predicted molar refractivity (Wildman–Crippen MR) is 183 cm³/mol. The summed E-state index contributed by atoms with van der Waals surface area (Å²) in [4.78, 5) is 32.4. The van der Waals surface area contributed by atoms with E-state index < -0.39 is 5.97 Å². The van der Waals surface area contributed by atoms with E-state index in [1.54, 1.807) is 18.5 Å². The van der Waals surface area contributed by atoms with Gasteiger partial charge in [-0.1, -0.05) is 23.2 Å². The van der Waals surface area contributed by atoms with Crippen LogP contribution in [0.2, 0.25) is 10.0 Å². The summed E-state index contributed by atoms with van der Waals surface area (Å²) in [6.07, 6.45) is 10.2. The first-order valence-corrected chi connectivity index (χ1v) is 15.9. The van der Waals surface area contributed by atoms with Crippen LogP contribution in [0.15, 0.2) is 42.7 Å². The van der Waals surface area contributed by atoms with Gasteiger partial charge in [0.05, 0.1) is 18.1 Å². The van der Waals surface area contributed by atoms with Crippen molar-refractivity contribution in [3.63, 3.8) is 0 Å². The van der Waals surface area contributed by atoms with Gasteiger partial charge in [-0.05, 0) is 101 Å². The van der Waals surface area contributed by atoms with Crippen molar-refractivity contribution in [3.8, 4) is 22.9 Å². The minimum Gasteiger partial charge on any atom is -0.481 e. The highest BCUT2D eigenvalue weighted by atomic mass is 35.5. The highest BCUT2D eigenvalue weighted by Crippen LogP contribution is 2.38. The number of halogens is 4. The quantitative estimate of drug-likeness (QED) is 0.262. The summed E-state index contributed by atoms with van der Waals surface area (Å²) in [5, 5.41) is 10.2. The SMILES string of the molecule is CN1CCCC12CCN(c1ncc(Oc3cc(CN4CCC(CC(=O)O)CC4)cc(-c4cc(Cl)cc(Cl)c4)n3)cn1)CC2.Cl.Cl. The number of ether oxygens (including phenoxy) is 1. The zero-order valence-electron chi connectivity index (χ0n) is 25.3. The third-order valence-electron chi connectivity index (χ3n) is 9.36. The van der Waals surface area contributed by atoms with Crippen molar-refractivity contribution in [2.75, 3.05) is 44.7 Å². The molecule has 0 aliphatic carbocycles. The number of benzene rings is 1. The number of aromatic nitrogens is 3. The molecule has 3 aliphatic heterocycles. The fourth-order valence-corrected chi connectivity index (χ4v) is 7.41. The summed E-state index contributed by atoms with van der Waals surface area (Å²) in [6, 6.07) is 9.34. The molecule has 0 amide bonds. The number of piperidine rings is 2. The second-order valence-electron chi connectivity index (χ2n) is 12.2. The number of aliphatic carboxylic acids is 1. The molecule has 3 saturated heterocycles. The number of likely N-dealkylation sites (tertiary alicyclic amines) is 2. The number of pyridine rings is 1. The van der Waals surface area contributed by atoms with E-state index in [9.17, 15) is 4.79 Å². The van der Waals surface area contributed by atoms with E-state index in [2.05, 4.69) is 31.7 Å². The van der Waals surface area contributed by atoms with Crippen LogP contribution in [0.5, 0.6) is 11.6 Å². The van der Waals surface area contributed by atoms with Crippen LogP contribution >= 0.6 is 48.0 Å². The largest absolute Gasteiger partial charge is 0.481 e. The standard InChI is InChI=1S/C32H38Cl2N6O3.2ClH/c1-38-8-2-5-32(38)6-11-40(12-7-32)31-35-19-27(20-36-31)43-29-14-23(21-39-9-3-22(4-10-39)15-30(41)42)13-28(37-29)24-16-25(33)18-26(34)17-24;;/h13-14,16-20,22H,2-12,15,21H2,1H3,(H,41,42);2*1H. The van der Waals surface area contributed by atoms with Crippen LogP contribution in [0.4, 0.5) is 5.95 Å². The Hall–Kier alpha value is -2.40. The maximum Gasteiger partial charge on any atom is 0.303 e. The van der Waals surface area contributed by atoms with Gasteiger partial charge in [-0.15, -0.1) is 24.8 Å². The second-order valence-corrected chi connectivity index (χ2v) is 13.1. The summed E-state index contributed by atoms with van der Waals surface area (Å²) >= 11 is 12.6. The number of carboxylic acids is 1. The van der Waals surface area contributed by atoms with Crippen molar-refractivity contribution in [2.24, 2.45) is 5.92 Å². The number of nitrogens with zero attached hydrogens (tertiary/aromatic N) is 6. The molecule has 2 aromatic heterocycles. The smallest absolute Gasteiger partial charge is 0.303 e. The fraction of sp³-hybridized carbons (Fsp3) is 0.500. The third-order valence-corrected chi connectivity index (χ3v) is 9.79. The molecule has 3 aliphatic rings. The van der Waals surface area contributed by atoms with Gasteiger partial charge in [-0.2, -0.15) is 0 Å². The van der Waals surface area contributed by atoms with Gasteiger partial charge in [0, 0.05) is 53.3 Å². The van der Waals surface area contributed by atoms with Gasteiger partial charge in [-0.3, -0.25) is 9.69 Å². The van der Waals surface area contributed by atoms with Gasteiger partial charge in [0.25, 0.3) is 0 Å². The Kier molecular flexibility index (Phi) is 12.2. The molecular formula is C32H40Cl4N6O3. The predicted octanol–water partition coefficient (Wildman–Crippen LogP) is 7.23. The average molecular weight is 699 g/mol.